The highest BCUT2D eigenvalue weighted by molar-refractivity contribution is 5.57. The van der Waals surface area contributed by atoms with Crippen LogP contribution in [0.4, 0.5) is 0 Å². The molecule has 38 heavy (non-hydrogen) atoms. The number of aryl methyl sites for hydroxylation is 2. The molecule has 0 fully saturated rings. The van der Waals surface area contributed by atoms with E-state index in [1.54, 1.807) is 26.0 Å². The van der Waals surface area contributed by atoms with E-state index in [0.29, 0.717) is 39.5 Å². The molecule has 0 aliphatic rings. The third kappa shape index (κ3) is 4.07. The van der Waals surface area contributed by atoms with Crippen molar-refractivity contribution in [3.05, 3.63) is 122 Å². The summed E-state index contributed by atoms with van der Waals surface area (Å²) in [5, 5.41) is 16.9. The summed E-state index contributed by atoms with van der Waals surface area (Å²) in [5.41, 5.74) is 3.27. The van der Waals surface area contributed by atoms with Crippen LogP contribution in [0, 0.1) is 13.8 Å². The number of nitrogens with zero attached hydrogens (tertiary/aromatic N) is 2. The van der Waals surface area contributed by atoms with E-state index < -0.39 is 5.92 Å². The number of hydrogen-bond acceptors (Lipinski definition) is 5. The van der Waals surface area contributed by atoms with Crippen LogP contribution in [-0.4, -0.2) is 38.9 Å². The number of H-pyrrole nitrogens is 2. The van der Waals surface area contributed by atoms with Crippen molar-refractivity contribution in [2.45, 2.75) is 19.8 Å². The Hall–Kier alpha value is -4.92. The lowest BCUT2D eigenvalue weighted by atomic mass is 9.85. The van der Waals surface area contributed by atoms with E-state index in [9.17, 15) is 14.7 Å². The van der Waals surface area contributed by atoms with Crippen LogP contribution in [0.5, 0.6) is 17.2 Å². The number of ether oxygens (including phenoxy) is 2. The minimum atomic E-state index is -0.805. The lowest BCUT2D eigenvalue weighted by Crippen LogP contribution is -2.25. The van der Waals surface area contributed by atoms with Crippen molar-refractivity contribution in [2.24, 2.45) is 0 Å². The number of phenols is 1. The van der Waals surface area contributed by atoms with Crippen LogP contribution in [0.2, 0.25) is 0 Å². The van der Waals surface area contributed by atoms with Crippen molar-refractivity contribution in [1.29, 1.82) is 0 Å². The van der Waals surface area contributed by atoms with Gasteiger partial charge in [0.15, 0.2) is 11.5 Å². The second kappa shape index (κ2) is 9.85. The van der Waals surface area contributed by atoms with Gasteiger partial charge in [0.1, 0.15) is 0 Å². The van der Waals surface area contributed by atoms with Gasteiger partial charge in [-0.15, -0.1) is 0 Å². The second-order valence-corrected chi connectivity index (χ2v) is 8.96. The first-order chi connectivity index (χ1) is 18.3. The van der Waals surface area contributed by atoms with Gasteiger partial charge in [-0.25, -0.2) is 9.36 Å². The fourth-order valence-corrected chi connectivity index (χ4v) is 4.87. The number of rotatable bonds is 7. The summed E-state index contributed by atoms with van der Waals surface area (Å²) in [5.74, 6) is -0.645. The summed E-state index contributed by atoms with van der Waals surface area (Å²) in [7, 11) is 2.86. The molecule has 0 saturated heterocycles. The molecule has 194 valence electrons. The van der Waals surface area contributed by atoms with Crippen LogP contribution in [0.25, 0.3) is 11.4 Å². The molecular weight excluding hydrogens is 484 g/mol. The molecule has 0 aliphatic carbocycles. The average molecular weight is 513 g/mol. The predicted molar refractivity (Wildman–Crippen MR) is 144 cm³/mol. The molecule has 3 N–H and O–H groups in total. The zero-order valence-electron chi connectivity index (χ0n) is 21.5. The van der Waals surface area contributed by atoms with Gasteiger partial charge in [0.2, 0.25) is 5.75 Å². The first kappa shape index (κ1) is 24.8. The molecule has 2 heterocycles. The summed E-state index contributed by atoms with van der Waals surface area (Å²) >= 11 is 0. The molecule has 9 heteroatoms. The predicted octanol–water partition coefficient (Wildman–Crippen LogP) is 4.16. The zero-order chi connectivity index (χ0) is 27.0. The summed E-state index contributed by atoms with van der Waals surface area (Å²) in [6, 6.07) is 21.7. The Morgan fingerprint density at radius 1 is 0.711 bits per heavy atom. The number of nitrogens with one attached hydrogen (secondary N) is 2. The van der Waals surface area contributed by atoms with Gasteiger partial charge < -0.3 is 14.6 Å². The van der Waals surface area contributed by atoms with Gasteiger partial charge in [0.05, 0.1) is 36.7 Å². The molecule has 0 atom stereocenters. The Morgan fingerprint density at radius 2 is 1.11 bits per heavy atom. The third-order valence-electron chi connectivity index (χ3n) is 6.68. The van der Waals surface area contributed by atoms with Crippen molar-refractivity contribution >= 4 is 0 Å². The Labute approximate surface area is 218 Å². The van der Waals surface area contributed by atoms with Gasteiger partial charge in [-0.3, -0.25) is 19.8 Å². The molecule has 0 bridgehead atoms. The van der Waals surface area contributed by atoms with Crippen LogP contribution in [0.1, 0.15) is 34.0 Å². The largest absolute Gasteiger partial charge is 0.502 e. The molecule has 0 aliphatic heterocycles. The summed E-state index contributed by atoms with van der Waals surface area (Å²) in [4.78, 5) is 27.9. The number of aromatic nitrogens is 4. The lowest BCUT2D eigenvalue weighted by Gasteiger charge is -2.19. The highest BCUT2D eigenvalue weighted by Crippen LogP contribution is 2.42. The maximum Gasteiger partial charge on any atom is 0.275 e. The lowest BCUT2D eigenvalue weighted by molar-refractivity contribution is 0.339. The van der Waals surface area contributed by atoms with Gasteiger partial charge >= 0.3 is 0 Å². The van der Waals surface area contributed by atoms with E-state index in [0.717, 1.165) is 0 Å². The average Bonchev–Trinajstić information content (AvgIpc) is 3.40. The van der Waals surface area contributed by atoms with E-state index in [1.807, 2.05) is 60.7 Å². The molecule has 5 aromatic rings. The fourth-order valence-electron chi connectivity index (χ4n) is 4.87. The number of methoxy groups -OCH3 is 2. The number of benzene rings is 3. The van der Waals surface area contributed by atoms with Crippen LogP contribution in [0.15, 0.2) is 82.4 Å². The maximum atomic E-state index is 14.0. The molecule has 0 spiro atoms. The van der Waals surface area contributed by atoms with Crippen molar-refractivity contribution in [3.63, 3.8) is 0 Å². The minimum Gasteiger partial charge on any atom is -0.502 e. The zero-order valence-corrected chi connectivity index (χ0v) is 21.5. The van der Waals surface area contributed by atoms with Crippen molar-refractivity contribution in [3.8, 4) is 28.6 Å². The SMILES string of the molecule is COc1cc(C(c2c(C)[nH]n(-c3ccccc3)c2=O)c2c(C)[nH]n(-c3ccccc3)c2=O)cc(OC)c1O. The monoisotopic (exact) mass is 512 g/mol. The standard InChI is InChI=1S/C29H28N4O5/c1-17-24(28(35)32(30-17)20-11-7-5-8-12-20)26(19-15-22(37-3)27(34)23(16-19)38-4)25-18(2)31-33(29(25)36)21-13-9-6-10-14-21/h5-16,26,30-31,34H,1-4H3. The van der Waals surface area contributed by atoms with E-state index >= 15 is 0 Å². The molecule has 0 unspecified atom stereocenters. The van der Waals surface area contributed by atoms with Gasteiger partial charge in [-0.1, -0.05) is 36.4 Å². The second-order valence-electron chi connectivity index (χ2n) is 8.96. The molecule has 3 aromatic carbocycles. The Morgan fingerprint density at radius 3 is 1.47 bits per heavy atom. The van der Waals surface area contributed by atoms with E-state index in [1.165, 1.54) is 23.6 Å². The van der Waals surface area contributed by atoms with Crippen molar-refractivity contribution in [1.82, 2.24) is 19.6 Å². The number of phenolic OH excluding ortho intramolecular Hbond substituents is 1. The molecule has 0 amide bonds. The van der Waals surface area contributed by atoms with Crippen LogP contribution in [0.3, 0.4) is 0 Å². The van der Waals surface area contributed by atoms with Gasteiger partial charge in [-0.05, 0) is 55.8 Å². The third-order valence-corrected chi connectivity index (χ3v) is 6.68. The Kier molecular flexibility index (Phi) is 6.42. The highest BCUT2D eigenvalue weighted by atomic mass is 16.5. The van der Waals surface area contributed by atoms with Gasteiger partial charge in [0.25, 0.3) is 11.1 Å². The molecule has 0 radical (unpaired) electrons. The quantitative estimate of drug-likeness (QED) is 0.303. The Balaban J connectivity index is 1.83. The molecule has 5 rings (SSSR count). The number of hydrogen-bond donors (Lipinski definition) is 3. The highest BCUT2D eigenvalue weighted by Gasteiger charge is 2.32. The van der Waals surface area contributed by atoms with Gasteiger partial charge in [-0.2, -0.15) is 0 Å². The van der Waals surface area contributed by atoms with E-state index in [2.05, 4.69) is 10.2 Å². The van der Waals surface area contributed by atoms with Crippen molar-refractivity contribution in [2.75, 3.05) is 14.2 Å². The summed E-state index contributed by atoms with van der Waals surface area (Å²) in [6.07, 6.45) is 0. The van der Waals surface area contributed by atoms with Crippen LogP contribution < -0.4 is 20.6 Å². The Bertz CT molecular complexity index is 1590. The fraction of sp³-hybridized carbons (Fsp3) is 0.172. The summed E-state index contributed by atoms with van der Waals surface area (Å²) in [6.45, 7) is 3.60. The van der Waals surface area contributed by atoms with E-state index in [-0.39, 0.29) is 28.4 Å². The van der Waals surface area contributed by atoms with Crippen LogP contribution in [-0.2, 0) is 0 Å². The smallest absolute Gasteiger partial charge is 0.275 e. The summed E-state index contributed by atoms with van der Waals surface area (Å²) < 4.78 is 13.7. The number of aromatic hydroxyl groups is 1. The van der Waals surface area contributed by atoms with Gasteiger partial charge in [0, 0.05) is 17.3 Å². The maximum absolute atomic E-state index is 14.0. The van der Waals surface area contributed by atoms with Crippen LogP contribution >= 0.6 is 0 Å². The first-order valence-corrected chi connectivity index (χ1v) is 12.0. The first-order valence-electron chi connectivity index (χ1n) is 12.0. The topological polar surface area (TPSA) is 114 Å². The minimum absolute atomic E-state index is 0.164. The number of para-hydroxylation sites is 2. The molecule has 0 saturated carbocycles. The molecular formula is C29H28N4O5. The number of aromatic amines is 2. The normalized spacial score (nSPS) is 11.2. The van der Waals surface area contributed by atoms with E-state index in [4.69, 9.17) is 9.47 Å². The van der Waals surface area contributed by atoms with Crippen molar-refractivity contribution < 1.29 is 14.6 Å². The molecule has 9 nitrogen and oxygen atoms in total. The molecule has 2 aromatic heterocycles.